The number of benzene rings is 4. The molecule has 1 fully saturated rings. The van der Waals surface area contributed by atoms with Crippen LogP contribution in [0, 0.1) is 13.8 Å². The largest absolute Gasteiger partial charge is 0.493 e. The Morgan fingerprint density at radius 3 is 2.38 bits per heavy atom. The third-order valence-electron chi connectivity index (χ3n) is 8.79. The lowest BCUT2D eigenvalue weighted by atomic mass is 10.0. The number of nitrogens with zero attached hydrogens (tertiary/aromatic N) is 2. The average Bonchev–Trinajstić information content (AvgIpc) is 3.36. The summed E-state index contributed by atoms with van der Waals surface area (Å²) in [5, 5.41) is 10.6. The number of fused-ring (bicyclic) bond motifs is 2. The second kappa shape index (κ2) is 13.7. The topological polar surface area (TPSA) is 107 Å². The van der Waals surface area contributed by atoms with E-state index in [1.54, 1.807) is 7.11 Å². The number of hydrogen-bond acceptors (Lipinski definition) is 9. The van der Waals surface area contributed by atoms with Gasteiger partial charge in [-0.15, -0.1) is 0 Å². The molecule has 246 valence electrons. The van der Waals surface area contributed by atoms with Crippen molar-refractivity contribution in [2.75, 3.05) is 55.6 Å². The van der Waals surface area contributed by atoms with E-state index < -0.39 is 0 Å². The lowest BCUT2D eigenvalue weighted by Crippen LogP contribution is -2.36. The highest BCUT2D eigenvalue weighted by Crippen LogP contribution is 2.38. The lowest BCUT2D eigenvalue weighted by Gasteiger charge is -2.28. The number of morpholine rings is 1. The molecule has 0 bridgehead atoms. The minimum atomic E-state index is -0.169. The van der Waals surface area contributed by atoms with Gasteiger partial charge in [-0.05, 0) is 91.2 Å². The summed E-state index contributed by atoms with van der Waals surface area (Å²) in [5.74, 6) is 2.62. The number of amides is 1. The van der Waals surface area contributed by atoms with Crippen LogP contribution in [0.1, 0.15) is 32.9 Å². The van der Waals surface area contributed by atoms with Gasteiger partial charge in [0.1, 0.15) is 18.1 Å². The molecule has 2 N–H and O–H groups in total. The fourth-order valence-corrected chi connectivity index (χ4v) is 6.01. The molecule has 0 saturated carbocycles. The highest BCUT2D eigenvalue weighted by molar-refractivity contribution is 6.12. The Morgan fingerprint density at radius 1 is 0.812 bits per heavy atom. The molecule has 1 aromatic heterocycles. The highest BCUT2D eigenvalue weighted by Gasteiger charge is 2.21. The molecule has 0 unspecified atom stereocenters. The molecule has 0 atom stereocenters. The molecule has 1 saturated heterocycles. The SMILES string of the molecule is COc1cc(-c2ccc3c(c2)Nc2ccc(CCOc4ccc(N5CCOCC5)cc4)cc2NC3=O)ccc1OCc1c(C)noc1C. The van der Waals surface area contributed by atoms with Crippen LogP contribution in [0.5, 0.6) is 17.2 Å². The maximum atomic E-state index is 13.3. The molecule has 48 heavy (non-hydrogen) atoms. The summed E-state index contributed by atoms with van der Waals surface area (Å²) in [4.78, 5) is 15.6. The van der Waals surface area contributed by atoms with Crippen LogP contribution in [0.2, 0.25) is 0 Å². The highest BCUT2D eigenvalue weighted by atomic mass is 16.5. The van der Waals surface area contributed by atoms with Crippen molar-refractivity contribution in [1.29, 1.82) is 0 Å². The Hall–Kier alpha value is -5.48. The van der Waals surface area contributed by atoms with Crippen molar-refractivity contribution in [3.05, 3.63) is 107 Å². The van der Waals surface area contributed by atoms with Gasteiger partial charge in [0.15, 0.2) is 11.5 Å². The quantitative estimate of drug-likeness (QED) is 0.161. The lowest BCUT2D eigenvalue weighted by molar-refractivity contribution is 0.102. The monoisotopic (exact) mass is 646 g/mol. The van der Waals surface area contributed by atoms with Crippen molar-refractivity contribution in [3.8, 4) is 28.4 Å². The van der Waals surface area contributed by atoms with Crippen LogP contribution in [0.15, 0.2) is 83.4 Å². The van der Waals surface area contributed by atoms with Crippen molar-refractivity contribution in [3.63, 3.8) is 0 Å². The van der Waals surface area contributed by atoms with Crippen LogP contribution < -0.4 is 29.7 Å². The van der Waals surface area contributed by atoms with Gasteiger partial charge >= 0.3 is 0 Å². The number of nitrogens with one attached hydrogen (secondary N) is 2. The number of methoxy groups -OCH3 is 1. The van der Waals surface area contributed by atoms with Crippen LogP contribution in [-0.2, 0) is 17.8 Å². The molecular formula is C38H38N4O6. The van der Waals surface area contributed by atoms with Crippen LogP contribution in [-0.4, -0.2) is 51.1 Å². The van der Waals surface area contributed by atoms with Crippen molar-refractivity contribution in [2.24, 2.45) is 0 Å². The zero-order chi connectivity index (χ0) is 33.0. The molecule has 1 amide bonds. The van der Waals surface area contributed by atoms with Gasteiger partial charge in [0.05, 0.1) is 60.8 Å². The molecule has 0 aliphatic carbocycles. The van der Waals surface area contributed by atoms with Gasteiger partial charge in [0.2, 0.25) is 0 Å². The molecular weight excluding hydrogens is 608 g/mol. The van der Waals surface area contributed by atoms with Gasteiger partial charge in [0, 0.05) is 25.2 Å². The number of carbonyl (C=O) groups is 1. The van der Waals surface area contributed by atoms with Crippen LogP contribution in [0.25, 0.3) is 11.1 Å². The summed E-state index contributed by atoms with van der Waals surface area (Å²) in [6.45, 7) is 7.93. The summed E-state index contributed by atoms with van der Waals surface area (Å²) in [5.41, 5.74) is 8.66. The van der Waals surface area contributed by atoms with Crippen LogP contribution in [0.3, 0.4) is 0 Å². The standard InChI is InChI=1S/C38H38N4O6/c1-24-32(25(2)48-41-24)23-47-36-13-6-28(22-37(36)44-3)27-5-11-31-34(21-27)39-33-12-4-26(20-35(33)40-38(31)43)14-17-46-30-9-7-29(8-10-30)42-15-18-45-19-16-42/h4-13,20-22,39H,14-19,23H2,1-3H3,(H,40,43). The molecule has 0 spiro atoms. The number of hydrogen-bond donors (Lipinski definition) is 2. The van der Waals surface area contributed by atoms with Crippen molar-refractivity contribution < 1.29 is 28.3 Å². The molecule has 2 aliphatic heterocycles. The molecule has 10 nitrogen and oxygen atoms in total. The molecule has 5 aromatic rings. The minimum absolute atomic E-state index is 0.169. The number of carbonyl (C=O) groups excluding carboxylic acids is 1. The predicted molar refractivity (Wildman–Crippen MR) is 185 cm³/mol. The van der Waals surface area contributed by atoms with E-state index in [9.17, 15) is 4.79 Å². The maximum Gasteiger partial charge on any atom is 0.257 e. The molecule has 10 heteroatoms. The van der Waals surface area contributed by atoms with Crippen molar-refractivity contribution >= 4 is 28.7 Å². The third-order valence-corrected chi connectivity index (χ3v) is 8.79. The Bertz CT molecular complexity index is 1910. The number of aryl methyl sites for hydroxylation is 2. The smallest absolute Gasteiger partial charge is 0.257 e. The van der Waals surface area contributed by atoms with Gasteiger partial charge in [0.25, 0.3) is 5.91 Å². The van der Waals surface area contributed by atoms with E-state index in [-0.39, 0.29) is 5.91 Å². The Kier molecular flexibility index (Phi) is 8.89. The first-order valence-corrected chi connectivity index (χ1v) is 16.1. The van der Waals surface area contributed by atoms with Crippen LogP contribution >= 0.6 is 0 Å². The Labute approximate surface area is 279 Å². The van der Waals surface area contributed by atoms with Gasteiger partial charge in [-0.25, -0.2) is 0 Å². The van der Waals surface area contributed by atoms with Gasteiger partial charge in [-0.1, -0.05) is 23.4 Å². The van der Waals surface area contributed by atoms with Crippen LogP contribution in [0.4, 0.5) is 22.7 Å². The van der Waals surface area contributed by atoms with E-state index in [0.29, 0.717) is 36.7 Å². The number of aromatic nitrogens is 1. The van der Waals surface area contributed by atoms with E-state index in [1.165, 1.54) is 5.69 Å². The van der Waals surface area contributed by atoms with E-state index >= 15 is 0 Å². The minimum Gasteiger partial charge on any atom is -0.493 e. The first-order chi connectivity index (χ1) is 23.4. The molecule has 0 radical (unpaired) electrons. The van der Waals surface area contributed by atoms with Crippen molar-refractivity contribution in [1.82, 2.24) is 5.16 Å². The fraction of sp³-hybridized carbons (Fsp3) is 0.263. The summed E-state index contributed by atoms with van der Waals surface area (Å²) in [7, 11) is 1.62. The summed E-state index contributed by atoms with van der Waals surface area (Å²) in [6, 6.07) is 25.8. The van der Waals surface area contributed by atoms with E-state index in [0.717, 1.165) is 82.8 Å². The maximum absolute atomic E-state index is 13.3. The van der Waals surface area contributed by atoms with Crippen molar-refractivity contribution in [2.45, 2.75) is 26.9 Å². The van der Waals surface area contributed by atoms with Gasteiger partial charge in [-0.3, -0.25) is 4.79 Å². The normalized spacial score (nSPS) is 13.9. The van der Waals surface area contributed by atoms with Gasteiger partial charge < -0.3 is 39.0 Å². The molecule has 4 aromatic carbocycles. The molecule has 3 heterocycles. The second-order valence-electron chi connectivity index (χ2n) is 11.9. The number of ether oxygens (including phenoxy) is 4. The first kappa shape index (κ1) is 31.1. The Balaban J connectivity index is 1.01. The van der Waals surface area contributed by atoms with E-state index in [1.807, 2.05) is 74.5 Å². The van der Waals surface area contributed by atoms with E-state index in [2.05, 4.69) is 38.9 Å². The predicted octanol–water partition coefficient (Wildman–Crippen LogP) is 7.31. The fourth-order valence-electron chi connectivity index (χ4n) is 6.01. The average molecular weight is 647 g/mol. The molecule has 7 rings (SSSR count). The third kappa shape index (κ3) is 6.65. The van der Waals surface area contributed by atoms with E-state index in [4.69, 9.17) is 23.5 Å². The summed E-state index contributed by atoms with van der Waals surface area (Å²) < 4.78 is 28.5. The van der Waals surface area contributed by atoms with Gasteiger partial charge in [-0.2, -0.15) is 0 Å². The first-order valence-electron chi connectivity index (χ1n) is 16.1. The molecule has 2 aliphatic rings. The second-order valence-corrected chi connectivity index (χ2v) is 11.9. The number of rotatable bonds is 10. The zero-order valence-electron chi connectivity index (χ0n) is 27.3. The summed E-state index contributed by atoms with van der Waals surface area (Å²) >= 11 is 0. The summed E-state index contributed by atoms with van der Waals surface area (Å²) in [6.07, 6.45) is 0.700. The number of anilines is 4. The zero-order valence-corrected chi connectivity index (χ0v) is 27.3. The Morgan fingerprint density at radius 2 is 1.60 bits per heavy atom.